The number of carbonyl (C=O) groups is 1. The minimum atomic E-state index is -3.42. The number of sulfonamides is 1. The predicted molar refractivity (Wildman–Crippen MR) is 93.0 cm³/mol. The van der Waals surface area contributed by atoms with E-state index in [1.54, 1.807) is 55.6 Å². The van der Waals surface area contributed by atoms with Gasteiger partial charge < -0.3 is 10.1 Å². The van der Waals surface area contributed by atoms with Crippen LogP contribution in [0.25, 0.3) is 0 Å². The van der Waals surface area contributed by atoms with Crippen molar-refractivity contribution >= 4 is 27.3 Å². The highest BCUT2D eigenvalue weighted by Crippen LogP contribution is 2.30. The molecule has 1 aliphatic rings. The van der Waals surface area contributed by atoms with E-state index in [-0.39, 0.29) is 22.4 Å². The van der Waals surface area contributed by atoms with Crippen molar-refractivity contribution in [2.45, 2.75) is 18.1 Å². The molecule has 0 aliphatic heterocycles. The maximum atomic E-state index is 12.5. The number of rotatable bonds is 6. The second kappa shape index (κ2) is 6.52. The number of hydrogen-bond donors (Lipinski definition) is 2. The number of ether oxygens (including phenoxy) is 1. The summed E-state index contributed by atoms with van der Waals surface area (Å²) in [6.45, 7) is 0. The molecule has 0 atom stereocenters. The Morgan fingerprint density at radius 2 is 1.75 bits per heavy atom. The van der Waals surface area contributed by atoms with E-state index in [1.807, 2.05) is 0 Å². The fourth-order valence-electron chi connectivity index (χ4n) is 2.26. The Morgan fingerprint density at radius 1 is 1.08 bits per heavy atom. The van der Waals surface area contributed by atoms with Crippen molar-refractivity contribution in [2.24, 2.45) is 0 Å². The highest BCUT2D eigenvalue weighted by molar-refractivity contribution is 7.93. The maximum Gasteiger partial charge on any atom is 0.257 e. The number of nitrogens with one attached hydrogen (secondary N) is 2. The fourth-order valence-corrected chi connectivity index (χ4v) is 3.67. The summed E-state index contributed by atoms with van der Waals surface area (Å²) >= 11 is 0. The molecule has 0 saturated heterocycles. The van der Waals surface area contributed by atoms with Crippen LogP contribution in [0.15, 0.2) is 48.5 Å². The van der Waals surface area contributed by atoms with E-state index >= 15 is 0 Å². The molecule has 0 unspecified atom stereocenters. The van der Waals surface area contributed by atoms with E-state index in [4.69, 9.17) is 4.74 Å². The summed E-state index contributed by atoms with van der Waals surface area (Å²) < 4.78 is 31.8. The molecule has 7 heteroatoms. The van der Waals surface area contributed by atoms with E-state index in [1.165, 1.54) is 0 Å². The molecule has 2 aromatic carbocycles. The molecule has 3 rings (SSSR count). The van der Waals surface area contributed by atoms with E-state index in [0.717, 1.165) is 0 Å². The Labute approximate surface area is 140 Å². The molecule has 0 bridgehead atoms. The van der Waals surface area contributed by atoms with Crippen molar-refractivity contribution in [1.29, 1.82) is 0 Å². The minimum Gasteiger partial charge on any atom is -0.497 e. The fraction of sp³-hybridized carbons (Fsp3) is 0.235. The summed E-state index contributed by atoms with van der Waals surface area (Å²) in [6.07, 6.45) is 1.32. The lowest BCUT2D eigenvalue weighted by atomic mass is 10.1. The summed E-state index contributed by atoms with van der Waals surface area (Å²) in [5, 5.41) is 2.40. The van der Waals surface area contributed by atoms with Crippen LogP contribution in [0.2, 0.25) is 0 Å². The zero-order valence-corrected chi connectivity index (χ0v) is 14.0. The van der Waals surface area contributed by atoms with E-state index in [0.29, 0.717) is 24.3 Å². The van der Waals surface area contributed by atoms with Crippen LogP contribution in [-0.4, -0.2) is 26.7 Å². The first-order valence-electron chi connectivity index (χ1n) is 7.55. The van der Waals surface area contributed by atoms with E-state index in [9.17, 15) is 13.2 Å². The highest BCUT2D eigenvalue weighted by atomic mass is 32.2. The smallest absolute Gasteiger partial charge is 0.257 e. The van der Waals surface area contributed by atoms with Gasteiger partial charge in [-0.15, -0.1) is 0 Å². The van der Waals surface area contributed by atoms with Gasteiger partial charge in [-0.05, 0) is 49.2 Å². The molecule has 2 N–H and O–H groups in total. The lowest BCUT2D eigenvalue weighted by molar-refractivity contribution is 0.102. The Hall–Kier alpha value is -2.54. The molecule has 1 aliphatic carbocycles. The topological polar surface area (TPSA) is 84.5 Å². The second-order valence-corrected chi connectivity index (χ2v) is 7.54. The molecule has 0 aromatic heterocycles. The number of anilines is 2. The average molecular weight is 346 g/mol. The van der Waals surface area contributed by atoms with Crippen LogP contribution in [0.4, 0.5) is 11.4 Å². The van der Waals surface area contributed by atoms with Crippen LogP contribution >= 0.6 is 0 Å². The molecule has 2 aromatic rings. The number of benzene rings is 2. The van der Waals surface area contributed by atoms with Gasteiger partial charge in [0.05, 0.1) is 23.6 Å². The van der Waals surface area contributed by atoms with Crippen LogP contribution in [-0.2, 0) is 10.0 Å². The molecule has 24 heavy (non-hydrogen) atoms. The van der Waals surface area contributed by atoms with Crippen LogP contribution in [0.3, 0.4) is 0 Å². The molecule has 0 heterocycles. The Bertz CT molecular complexity index is 843. The largest absolute Gasteiger partial charge is 0.497 e. The Kier molecular flexibility index (Phi) is 4.44. The molecule has 1 fully saturated rings. The van der Waals surface area contributed by atoms with Gasteiger partial charge in [-0.3, -0.25) is 9.52 Å². The number of carbonyl (C=O) groups excluding carboxylic acids is 1. The number of amides is 1. The zero-order chi connectivity index (χ0) is 17.2. The van der Waals surface area contributed by atoms with Crippen LogP contribution in [0.1, 0.15) is 23.2 Å². The van der Waals surface area contributed by atoms with E-state index < -0.39 is 10.0 Å². The van der Waals surface area contributed by atoms with Crippen molar-refractivity contribution in [2.75, 3.05) is 17.1 Å². The van der Waals surface area contributed by atoms with Gasteiger partial charge in [0.2, 0.25) is 10.0 Å². The minimum absolute atomic E-state index is 0.276. The average Bonchev–Trinajstić information content (AvgIpc) is 3.41. The SMILES string of the molecule is COc1ccc(NC(=O)c2ccccc2NS(=O)(=O)C2CC2)cc1. The third kappa shape index (κ3) is 3.68. The van der Waals surface area contributed by atoms with Crippen molar-refractivity contribution < 1.29 is 17.9 Å². The van der Waals surface area contributed by atoms with Crippen LogP contribution in [0, 0.1) is 0 Å². The summed E-state index contributed by atoms with van der Waals surface area (Å²) in [6, 6.07) is 13.5. The Balaban J connectivity index is 1.79. The standard InChI is InChI=1S/C17H18N2O4S/c1-23-13-8-6-12(7-9-13)18-17(20)15-4-2-3-5-16(15)19-24(21,22)14-10-11-14/h2-9,14,19H,10-11H2,1H3,(H,18,20). The number of para-hydroxylation sites is 1. The number of methoxy groups -OCH3 is 1. The molecular weight excluding hydrogens is 328 g/mol. The zero-order valence-electron chi connectivity index (χ0n) is 13.2. The normalized spacial score (nSPS) is 14.0. The molecule has 1 saturated carbocycles. The maximum absolute atomic E-state index is 12.5. The monoisotopic (exact) mass is 346 g/mol. The summed E-state index contributed by atoms with van der Waals surface area (Å²) in [7, 11) is -1.86. The van der Waals surface area contributed by atoms with Gasteiger partial charge in [-0.2, -0.15) is 0 Å². The van der Waals surface area contributed by atoms with Crippen LogP contribution in [0.5, 0.6) is 5.75 Å². The summed E-state index contributed by atoms with van der Waals surface area (Å²) in [5.41, 5.74) is 1.16. The van der Waals surface area contributed by atoms with Gasteiger partial charge in [-0.1, -0.05) is 12.1 Å². The van der Waals surface area contributed by atoms with Crippen molar-refractivity contribution in [3.63, 3.8) is 0 Å². The molecule has 126 valence electrons. The van der Waals surface area contributed by atoms with Crippen LogP contribution < -0.4 is 14.8 Å². The first kappa shape index (κ1) is 16.3. The van der Waals surface area contributed by atoms with Gasteiger partial charge in [0, 0.05) is 5.69 Å². The first-order valence-corrected chi connectivity index (χ1v) is 9.10. The Morgan fingerprint density at radius 3 is 2.38 bits per heavy atom. The lowest BCUT2D eigenvalue weighted by Crippen LogP contribution is -2.21. The quantitative estimate of drug-likeness (QED) is 0.842. The molecule has 1 amide bonds. The highest BCUT2D eigenvalue weighted by Gasteiger charge is 2.36. The number of hydrogen-bond acceptors (Lipinski definition) is 4. The third-order valence-corrected chi connectivity index (χ3v) is 5.59. The van der Waals surface area contributed by atoms with Gasteiger partial charge in [-0.25, -0.2) is 8.42 Å². The van der Waals surface area contributed by atoms with Gasteiger partial charge in [0.15, 0.2) is 0 Å². The molecular formula is C17H18N2O4S. The molecule has 6 nitrogen and oxygen atoms in total. The summed E-state index contributed by atoms with van der Waals surface area (Å²) in [5.74, 6) is 0.305. The predicted octanol–water partition coefficient (Wildman–Crippen LogP) is 2.85. The van der Waals surface area contributed by atoms with E-state index in [2.05, 4.69) is 10.0 Å². The second-order valence-electron chi connectivity index (χ2n) is 5.57. The lowest BCUT2D eigenvalue weighted by Gasteiger charge is -2.12. The summed E-state index contributed by atoms with van der Waals surface area (Å²) in [4.78, 5) is 12.5. The van der Waals surface area contributed by atoms with Crippen molar-refractivity contribution in [3.8, 4) is 5.75 Å². The molecule has 0 radical (unpaired) electrons. The van der Waals surface area contributed by atoms with Crippen molar-refractivity contribution in [3.05, 3.63) is 54.1 Å². The van der Waals surface area contributed by atoms with Crippen molar-refractivity contribution in [1.82, 2.24) is 0 Å². The van der Waals surface area contributed by atoms with Gasteiger partial charge in [0.25, 0.3) is 5.91 Å². The first-order chi connectivity index (χ1) is 11.5. The van der Waals surface area contributed by atoms with Gasteiger partial charge >= 0.3 is 0 Å². The molecule has 0 spiro atoms. The third-order valence-electron chi connectivity index (χ3n) is 3.74. The van der Waals surface area contributed by atoms with Gasteiger partial charge in [0.1, 0.15) is 5.75 Å².